The van der Waals surface area contributed by atoms with Crippen molar-refractivity contribution in [3.63, 3.8) is 0 Å². The monoisotopic (exact) mass is 248 g/mol. The van der Waals surface area contributed by atoms with Crippen LogP contribution in [0.1, 0.15) is 70.1 Å². The van der Waals surface area contributed by atoms with E-state index >= 15 is 0 Å². The highest BCUT2D eigenvalue weighted by molar-refractivity contribution is 5.11. The van der Waals surface area contributed by atoms with Gasteiger partial charge in [0.05, 0.1) is 6.04 Å². The normalized spacial score (nSPS) is 25.4. The third kappa shape index (κ3) is 1.96. The van der Waals surface area contributed by atoms with E-state index in [2.05, 4.69) is 40.9 Å². The molecule has 0 bridgehead atoms. The summed E-state index contributed by atoms with van der Waals surface area (Å²) in [6, 6.07) is 0.328. The molecular formula is C14H24N4. The van der Waals surface area contributed by atoms with Crippen LogP contribution in [0, 0.1) is 5.41 Å². The Morgan fingerprint density at radius 3 is 2.44 bits per heavy atom. The van der Waals surface area contributed by atoms with Gasteiger partial charge in [0.2, 0.25) is 0 Å². The van der Waals surface area contributed by atoms with E-state index in [0.29, 0.717) is 12.0 Å². The lowest BCUT2D eigenvalue weighted by Crippen LogP contribution is -2.41. The fraction of sp³-hybridized carbons (Fsp3) is 0.857. The molecular weight excluding hydrogens is 224 g/mol. The molecule has 1 fully saturated rings. The Labute approximate surface area is 109 Å². The predicted octanol–water partition coefficient (Wildman–Crippen LogP) is 2.63. The Bertz CT molecular complexity index is 423. The minimum atomic E-state index is 0.193. The Hall–Kier alpha value is -0.900. The van der Waals surface area contributed by atoms with Gasteiger partial charge in [0, 0.05) is 19.0 Å². The van der Waals surface area contributed by atoms with Gasteiger partial charge < -0.3 is 9.88 Å². The van der Waals surface area contributed by atoms with Crippen molar-refractivity contribution in [3.8, 4) is 0 Å². The molecule has 100 valence electrons. The second-order valence-electron chi connectivity index (χ2n) is 6.80. The van der Waals surface area contributed by atoms with Gasteiger partial charge in [-0.25, -0.2) is 0 Å². The maximum absolute atomic E-state index is 4.52. The predicted molar refractivity (Wildman–Crippen MR) is 71.4 cm³/mol. The van der Waals surface area contributed by atoms with Gasteiger partial charge in [-0.2, -0.15) is 0 Å². The highest BCUT2D eigenvalue weighted by atomic mass is 15.3. The van der Waals surface area contributed by atoms with Crippen LogP contribution in [0.3, 0.4) is 0 Å². The molecule has 1 aromatic heterocycles. The molecule has 4 heteroatoms. The fourth-order valence-electron chi connectivity index (χ4n) is 3.36. The summed E-state index contributed by atoms with van der Waals surface area (Å²) in [6.07, 6.45) is 5.30. The molecule has 1 aliphatic carbocycles. The van der Waals surface area contributed by atoms with E-state index in [1.807, 2.05) is 0 Å². The van der Waals surface area contributed by atoms with E-state index in [4.69, 9.17) is 0 Å². The zero-order valence-corrected chi connectivity index (χ0v) is 11.7. The quantitative estimate of drug-likeness (QED) is 0.830. The fourth-order valence-corrected chi connectivity index (χ4v) is 3.36. The van der Waals surface area contributed by atoms with E-state index in [-0.39, 0.29) is 5.41 Å². The molecule has 0 spiro atoms. The Kier molecular flexibility index (Phi) is 2.93. The lowest BCUT2D eigenvalue weighted by molar-refractivity contribution is 0.231. The molecule has 1 aromatic rings. The topological polar surface area (TPSA) is 42.7 Å². The molecule has 3 rings (SSSR count). The average molecular weight is 248 g/mol. The number of rotatable bonds is 1. The van der Waals surface area contributed by atoms with Gasteiger partial charge in [-0.3, -0.25) is 0 Å². The van der Waals surface area contributed by atoms with Crippen molar-refractivity contribution in [2.24, 2.45) is 5.41 Å². The molecule has 0 aromatic carbocycles. The Balaban J connectivity index is 1.95. The standard InChI is InChI=1S/C14H24N4/c1-14(2,3)11-13-17-16-12(10-6-4-5-7-10)18(13)9-8-15-11/h10-11,15H,4-9H2,1-3H3. The van der Waals surface area contributed by atoms with E-state index < -0.39 is 0 Å². The molecule has 1 atom stereocenters. The number of fused-ring (bicyclic) bond motifs is 1. The first kappa shape index (κ1) is 12.2. The lowest BCUT2D eigenvalue weighted by Gasteiger charge is -2.34. The first-order chi connectivity index (χ1) is 8.57. The zero-order valence-electron chi connectivity index (χ0n) is 11.7. The maximum atomic E-state index is 4.52. The third-order valence-corrected chi connectivity index (χ3v) is 4.34. The van der Waals surface area contributed by atoms with Crippen LogP contribution in [-0.4, -0.2) is 21.3 Å². The van der Waals surface area contributed by atoms with E-state index in [9.17, 15) is 0 Å². The number of aromatic nitrogens is 3. The third-order valence-electron chi connectivity index (χ3n) is 4.34. The van der Waals surface area contributed by atoms with Gasteiger partial charge in [0.25, 0.3) is 0 Å². The lowest BCUT2D eigenvalue weighted by atomic mass is 9.85. The molecule has 2 aliphatic rings. The molecule has 1 aliphatic heterocycles. The molecule has 0 radical (unpaired) electrons. The zero-order chi connectivity index (χ0) is 12.8. The first-order valence-electron chi connectivity index (χ1n) is 7.24. The van der Waals surface area contributed by atoms with Crippen LogP contribution in [0.5, 0.6) is 0 Å². The molecule has 0 amide bonds. The van der Waals surface area contributed by atoms with Gasteiger partial charge in [-0.1, -0.05) is 33.6 Å². The van der Waals surface area contributed by atoms with Crippen molar-refractivity contribution >= 4 is 0 Å². The van der Waals surface area contributed by atoms with Crippen molar-refractivity contribution in [2.75, 3.05) is 6.54 Å². The van der Waals surface area contributed by atoms with Crippen molar-refractivity contribution in [2.45, 2.75) is 65.0 Å². The number of nitrogens with zero attached hydrogens (tertiary/aromatic N) is 3. The van der Waals surface area contributed by atoms with E-state index in [1.165, 1.54) is 31.5 Å². The first-order valence-corrected chi connectivity index (χ1v) is 7.24. The van der Waals surface area contributed by atoms with Crippen LogP contribution in [0.15, 0.2) is 0 Å². The molecule has 18 heavy (non-hydrogen) atoms. The summed E-state index contributed by atoms with van der Waals surface area (Å²) in [5, 5.41) is 12.6. The van der Waals surface area contributed by atoms with E-state index in [0.717, 1.165) is 18.9 Å². The van der Waals surface area contributed by atoms with Crippen LogP contribution in [0.25, 0.3) is 0 Å². The molecule has 1 unspecified atom stereocenters. The van der Waals surface area contributed by atoms with Gasteiger partial charge in [-0.15, -0.1) is 10.2 Å². The second-order valence-corrected chi connectivity index (χ2v) is 6.80. The average Bonchev–Trinajstić information content (AvgIpc) is 2.95. The maximum Gasteiger partial charge on any atom is 0.150 e. The minimum absolute atomic E-state index is 0.193. The summed E-state index contributed by atoms with van der Waals surface area (Å²) >= 11 is 0. The van der Waals surface area contributed by atoms with Gasteiger partial charge in [0.15, 0.2) is 5.82 Å². The summed E-state index contributed by atoms with van der Waals surface area (Å²) in [7, 11) is 0. The SMILES string of the molecule is CC(C)(C)C1NCCn2c(C3CCCC3)nnc21. The smallest absolute Gasteiger partial charge is 0.150 e. The Morgan fingerprint density at radius 1 is 1.11 bits per heavy atom. The summed E-state index contributed by atoms with van der Waals surface area (Å²) in [4.78, 5) is 0. The van der Waals surface area contributed by atoms with Gasteiger partial charge >= 0.3 is 0 Å². The highest BCUT2D eigenvalue weighted by Crippen LogP contribution is 2.37. The largest absolute Gasteiger partial charge is 0.312 e. The molecule has 4 nitrogen and oxygen atoms in total. The number of hydrogen-bond donors (Lipinski definition) is 1. The van der Waals surface area contributed by atoms with Crippen LogP contribution in [-0.2, 0) is 6.54 Å². The van der Waals surface area contributed by atoms with Gasteiger partial charge in [-0.05, 0) is 18.3 Å². The van der Waals surface area contributed by atoms with E-state index in [1.54, 1.807) is 0 Å². The molecule has 1 N–H and O–H groups in total. The van der Waals surface area contributed by atoms with Crippen LogP contribution in [0.2, 0.25) is 0 Å². The van der Waals surface area contributed by atoms with Crippen LogP contribution in [0.4, 0.5) is 0 Å². The van der Waals surface area contributed by atoms with Gasteiger partial charge in [0.1, 0.15) is 5.82 Å². The van der Waals surface area contributed by atoms with Crippen molar-refractivity contribution in [1.82, 2.24) is 20.1 Å². The van der Waals surface area contributed by atoms with Crippen molar-refractivity contribution in [1.29, 1.82) is 0 Å². The number of nitrogens with one attached hydrogen (secondary N) is 1. The van der Waals surface area contributed by atoms with Crippen molar-refractivity contribution < 1.29 is 0 Å². The second kappa shape index (κ2) is 4.34. The highest BCUT2D eigenvalue weighted by Gasteiger charge is 2.35. The van der Waals surface area contributed by atoms with Crippen LogP contribution >= 0.6 is 0 Å². The molecule has 1 saturated carbocycles. The number of hydrogen-bond acceptors (Lipinski definition) is 3. The molecule has 0 saturated heterocycles. The summed E-state index contributed by atoms with van der Waals surface area (Å²) in [5.74, 6) is 3.05. The summed E-state index contributed by atoms with van der Waals surface area (Å²) in [5.41, 5.74) is 0.193. The molecule has 2 heterocycles. The Morgan fingerprint density at radius 2 is 1.78 bits per heavy atom. The summed E-state index contributed by atoms with van der Waals surface area (Å²) < 4.78 is 2.39. The minimum Gasteiger partial charge on any atom is -0.312 e. The van der Waals surface area contributed by atoms with Crippen molar-refractivity contribution in [3.05, 3.63) is 11.6 Å². The summed E-state index contributed by atoms with van der Waals surface area (Å²) in [6.45, 7) is 8.87. The van der Waals surface area contributed by atoms with Crippen LogP contribution < -0.4 is 5.32 Å².